The van der Waals surface area contributed by atoms with E-state index in [2.05, 4.69) is 5.32 Å². The van der Waals surface area contributed by atoms with Crippen LogP contribution in [0.3, 0.4) is 0 Å². The van der Waals surface area contributed by atoms with E-state index in [0.717, 1.165) is 11.1 Å². The monoisotopic (exact) mass is 305 g/mol. The van der Waals surface area contributed by atoms with Gasteiger partial charge in [0.1, 0.15) is 0 Å². The molecule has 0 saturated heterocycles. The summed E-state index contributed by atoms with van der Waals surface area (Å²) in [4.78, 5) is 11.8. The van der Waals surface area contributed by atoms with E-state index in [0.29, 0.717) is 18.0 Å². The Morgan fingerprint density at radius 3 is 2.57 bits per heavy atom. The number of rotatable bonds is 5. The molecule has 0 aromatic heterocycles. The molecule has 21 heavy (non-hydrogen) atoms. The van der Waals surface area contributed by atoms with Gasteiger partial charge in [0.15, 0.2) is 11.5 Å². The van der Waals surface area contributed by atoms with Crippen LogP contribution in [0.2, 0.25) is 5.02 Å². The summed E-state index contributed by atoms with van der Waals surface area (Å²) in [5, 5.41) is 22.0. The highest BCUT2D eigenvalue weighted by molar-refractivity contribution is 6.31. The molecule has 2 rings (SSSR count). The highest BCUT2D eigenvalue weighted by Crippen LogP contribution is 2.24. The zero-order valence-corrected chi connectivity index (χ0v) is 12.1. The predicted molar refractivity (Wildman–Crippen MR) is 81.6 cm³/mol. The summed E-state index contributed by atoms with van der Waals surface area (Å²) in [5.74, 6) is -0.414. The van der Waals surface area contributed by atoms with Crippen molar-refractivity contribution in [3.63, 3.8) is 0 Å². The quantitative estimate of drug-likeness (QED) is 0.744. The molecular formula is C16H16ClNO3. The van der Waals surface area contributed by atoms with Crippen LogP contribution in [0.15, 0.2) is 42.5 Å². The van der Waals surface area contributed by atoms with Gasteiger partial charge in [0.25, 0.3) is 0 Å². The van der Waals surface area contributed by atoms with Crippen LogP contribution < -0.4 is 5.32 Å². The first-order chi connectivity index (χ1) is 10.1. The molecule has 3 N–H and O–H groups in total. The van der Waals surface area contributed by atoms with Crippen molar-refractivity contribution in [2.75, 3.05) is 6.54 Å². The van der Waals surface area contributed by atoms with Crippen molar-refractivity contribution >= 4 is 17.5 Å². The number of phenols is 2. The molecule has 0 saturated carbocycles. The molecule has 0 radical (unpaired) electrons. The zero-order chi connectivity index (χ0) is 15.2. The number of halogens is 1. The fourth-order valence-electron chi connectivity index (χ4n) is 1.95. The summed E-state index contributed by atoms with van der Waals surface area (Å²) in [6.45, 7) is 0.452. The fraction of sp³-hybridized carbons (Fsp3) is 0.188. The first-order valence-electron chi connectivity index (χ1n) is 6.57. The second kappa shape index (κ2) is 6.99. The van der Waals surface area contributed by atoms with Gasteiger partial charge in [-0.2, -0.15) is 0 Å². The zero-order valence-electron chi connectivity index (χ0n) is 11.3. The maximum atomic E-state index is 11.8. The Labute approximate surface area is 128 Å². The van der Waals surface area contributed by atoms with Crippen molar-refractivity contribution in [3.05, 3.63) is 58.6 Å². The molecule has 0 unspecified atom stereocenters. The van der Waals surface area contributed by atoms with Crippen molar-refractivity contribution < 1.29 is 15.0 Å². The van der Waals surface area contributed by atoms with Crippen LogP contribution in [0.25, 0.3) is 0 Å². The van der Waals surface area contributed by atoms with Gasteiger partial charge in [-0.05, 0) is 35.7 Å². The van der Waals surface area contributed by atoms with Crippen LogP contribution in [0.1, 0.15) is 11.1 Å². The lowest BCUT2D eigenvalue weighted by Gasteiger charge is -2.07. The van der Waals surface area contributed by atoms with Crippen LogP contribution in [0.4, 0.5) is 0 Å². The van der Waals surface area contributed by atoms with Crippen LogP contribution in [-0.4, -0.2) is 22.7 Å². The van der Waals surface area contributed by atoms with Crippen molar-refractivity contribution in [1.29, 1.82) is 0 Å². The normalized spacial score (nSPS) is 10.3. The number of amides is 1. The molecular weight excluding hydrogens is 290 g/mol. The first kappa shape index (κ1) is 15.2. The average Bonchev–Trinajstić information content (AvgIpc) is 2.45. The minimum atomic E-state index is -0.158. The number of phenolic OH excluding ortho intramolecular Hbond substituents is 2. The highest BCUT2D eigenvalue weighted by atomic mass is 35.5. The van der Waals surface area contributed by atoms with Gasteiger partial charge < -0.3 is 15.5 Å². The van der Waals surface area contributed by atoms with E-state index in [9.17, 15) is 15.0 Å². The molecule has 0 aliphatic heterocycles. The maximum absolute atomic E-state index is 11.8. The van der Waals surface area contributed by atoms with E-state index >= 15 is 0 Å². The summed E-state index contributed by atoms with van der Waals surface area (Å²) in [5.41, 5.74) is 1.63. The first-order valence-corrected chi connectivity index (χ1v) is 6.95. The van der Waals surface area contributed by atoms with Crippen molar-refractivity contribution in [2.45, 2.75) is 12.8 Å². The molecule has 0 bridgehead atoms. The summed E-state index contributed by atoms with van der Waals surface area (Å²) < 4.78 is 0. The number of nitrogens with one attached hydrogen (secondary N) is 1. The van der Waals surface area contributed by atoms with Gasteiger partial charge >= 0.3 is 0 Å². The van der Waals surface area contributed by atoms with Gasteiger partial charge in [-0.15, -0.1) is 0 Å². The van der Waals surface area contributed by atoms with Gasteiger partial charge in [-0.1, -0.05) is 35.9 Å². The summed E-state index contributed by atoms with van der Waals surface area (Å²) >= 11 is 6.00. The van der Waals surface area contributed by atoms with Crippen molar-refractivity contribution in [2.24, 2.45) is 0 Å². The smallest absolute Gasteiger partial charge is 0.224 e. The molecule has 0 spiro atoms. The van der Waals surface area contributed by atoms with E-state index in [-0.39, 0.29) is 23.8 Å². The van der Waals surface area contributed by atoms with Crippen LogP contribution in [0, 0.1) is 0 Å². The Hall–Kier alpha value is -2.20. The fourth-order valence-corrected chi connectivity index (χ4v) is 2.15. The number of benzene rings is 2. The van der Waals surface area contributed by atoms with Gasteiger partial charge in [0.2, 0.25) is 5.91 Å². The minimum absolute atomic E-state index is 0.105. The van der Waals surface area contributed by atoms with Crippen molar-refractivity contribution in [3.8, 4) is 11.5 Å². The third-order valence-corrected chi connectivity index (χ3v) is 3.45. The molecule has 2 aromatic rings. The average molecular weight is 306 g/mol. The number of hydrogen-bond acceptors (Lipinski definition) is 3. The number of aromatic hydroxyl groups is 2. The van der Waals surface area contributed by atoms with Gasteiger partial charge in [-0.25, -0.2) is 0 Å². The number of carbonyl (C=O) groups excluding carboxylic acids is 1. The van der Waals surface area contributed by atoms with E-state index in [1.165, 1.54) is 12.1 Å². The minimum Gasteiger partial charge on any atom is -0.504 e. The van der Waals surface area contributed by atoms with Crippen molar-refractivity contribution in [1.82, 2.24) is 5.32 Å². The Morgan fingerprint density at radius 1 is 1.10 bits per heavy atom. The molecule has 4 nitrogen and oxygen atoms in total. The number of carbonyl (C=O) groups is 1. The maximum Gasteiger partial charge on any atom is 0.224 e. The molecule has 0 aliphatic carbocycles. The summed E-state index contributed by atoms with van der Waals surface area (Å²) in [6.07, 6.45) is 0.808. The molecule has 1 amide bonds. The standard InChI is InChI=1S/C16H16ClNO3/c17-13-4-2-1-3-12(13)10-16(21)18-8-7-11-5-6-14(19)15(20)9-11/h1-6,9,19-20H,7-8,10H2,(H,18,21). The molecule has 0 atom stereocenters. The Bertz CT molecular complexity index is 643. The second-order valence-electron chi connectivity index (χ2n) is 4.69. The van der Waals surface area contributed by atoms with Crippen LogP contribution in [0.5, 0.6) is 11.5 Å². The molecule has 5 heteroatoms. The lowest BCUT2D eigenvalue weighted by Crippen LogP contribution is -2.27. The third-order valence-electron chi connectivity index (χ3n) is 3.08. The van der Waals surface area contributed by atoms with E-state index in [1.807, 2.05) is 18.2 Å². The van der Waals surface area contributed by atoms with E-state index < -0.39 is 0 Å². The topological polar surface area (TPSA) is 69.6 Å². The molecule has 0 aliphatic rings. The largest absolute Gasteiger partial charge is 0.504 e. The molecule has 0 fully saturated rings. The summed E-state index contributed by atoms with van der Waals surface area (Å²) in [6, 6.07) is 11.8. The SMILES string of the molecule is O=C(Cc1ccccc1Cl)NCCc1ccc(O)c(O)c1. The van der Waals surface area contributed by atoms with E-state index in [4.69, 9.17) is 11.6 Å². The second-order valence-corrected chi connectivity index (χ2v) is 5.10. The lowest BCUT2D eigenvalue weighted by molar-refractivity contribution is -0.120. The Balaban J connectivity index is 1.82. The Morgan fingerprint density at radius 2 is 1.86 bits per heavy atom. The number of hydrogen-bond donors (Lipinski definition) is 3. The molecule has 110 valence electrons. The van der Waals surface area contributed by atoms with Gasteiger partial charge in [0.05, 0.1) is 6.42 Å². The Kier molecular flexibility index (Phi) is 5.06. The highest BCUT2D eigenvalue weighted by Gasteiger charge is 2.06. The van der Waals surface area contributed by atoms with Gasteiger partial charge in [0, 0.05) is 11.6 Å². The molecule has 0 heterocycles. The third kappa shape index (κ3) is 4.39. The molecule has 2 aromatic carbocycles. The summed E-state index contributed by atoms with van der Waals surface area (Å²) in [7, 11) is 0. The van der Waals surface area contributed by atoms with E-state index in [1.54, 1.807) is 12.1 Å². The van der Waals surface area contributed by atoms with Crippen LogP contribution >= 0.6 is 11.6 Å². The van der Waals surface area contributed by atoms with Gasteiger partial charge in [-0.3, -0.25) is 4.79 Å². The van der Waals surface area contributed by atoms with Crippen LogP contribution in [-0.2, 0) is 17.6 Å². The predicted octanol–water partition coefficient (Wildman–Crippen LogP) is 2.65. The lowest BCUT2D eigenvalue weighted by atomic mass is 10.1.